The monoisotopic (exact) mass is 385 g/mol. The van der Waals surface area contributed by atoms with Crippen molar-refractivity contribution >= 4 is 17.7 Å². The molecule has 2 N–H and O–H groups in total. The number of thioether (sulfide) groups is 1. The van der Waals surface area contributed by atoms with Gasteiger partial charge in [0.1, 0.15) is 11.3 Å². The van der Waals surface area contributed by atoms with Crippen molar-refractivity contribution in [1.29, 1.82) is 5.26 Å². The van der Waals surface area contributed by atoms with Crippen LogP contribution in [0, 0.1) is 11.3 Å². The second-order valence-electron chi connectivity index (χ2n) is 6.70. The first kappa shape index (κ1) is 19.2. The van der Waals surface area contributed by atoms with Gasteiger partial charge in [-0.15, -0.1) is 5.10 Å². The standard InChI is InChI=1S/C19H23N5O2S/c1-13(17(25)22-19(12-20)10-4-3-5-11-19)27-18-21-16(23-24-18)14-6-8-15(26-2)9-7-14/h6-9,13H,3-5,10-11H2,1-2H3,(H,22,25)(H,21,23,24)/t13-/m1/s1. The molecular formula is C19H23N5O2S. The largest absolute Gasteiger partial charge is 0.497 e. The van der Waals surface area contributed by atoms with Crippen LogP contribution in [0.3, 0.4) is 0 Å². The van der Waals surface area contributed by atoms with Crippen LogP contribution in [-0.4, -0.2) is 39.0 Å². The maximum atomic E-state index is 12.6. The Morgan fingerprint density at radius 1 is 1.33 bits per heavy atom. The summed E-state index contributed by atoms with van der Waals surface area (Å²) in [6, 6.07) is 9.81. The number of benzene rings is 1. The first-order valence-corrected chi connectivity index (χ1v) is 9.90. The third-order valence-corrected chi connectivity index (χ3v) is 5.72. The minimum Gasteiger partial charge on any atom is -0.497 e. The molecule has 0 saturated heterocycles. The summed E-state index contributed by atoms with van der Waals surface area (Å²) in [6.45, 7) is 1.80. The summed E-state index contributed by atoms with van der Waals surface area (Å²) >= 11 is 1.27. The Bertz CT molecular complexity index is 821. The zero-order chi connectivity index (χ0) is 19.3. The molecule has 27 heavy (non-hydrogen) atoms. The molecule has 2 aromatic rings. The molecule has 1 fully saturated rings. The Hall–Kier alpha value is -2.53. The van der Waals surface area contributed by atoms with Crippen LogP contribution in [0.4, 0.5) is 0 Å². The molecule has 0 bridgehead atoms. The number of rotatable bonds is 6. The van der Waals surface area contributed by atoms with Crippen LogP contribution in [0.25, 0.3) is 11.4 Å². The van der Waals surface area contributed by atoms with Crippen molar-refractivity contribution in [2.45, 2.75) is 55.0 Å². The number of H-pyrrole nitrogens is 1. The molecular weight excluding hydrogens is 362 g/mol. The van der Waals surface area contributed by atoms with Gasteiger partial charge in [0.2, 0.25) is 11.1 Å². The molecule has 0 unspecified atom stereocenters. The number of nitrogens with zero attached hydrogens (tertiary/aromatic N) is 3. The Morgan fingerprint density at radius 3 is 2.67 bits per heavy atom. The van der Waals surface area contributed by atoms with Crippen LogP contribution in [0.15, 0.2) is 29.4 Å². The Labute approximate surface area is 162 Å². The average molecular weight is 385 g/mol. The van der Waals surface area contributed by atoms with Crippen molar-refractivity contribution < 1.29 is 9.53 Å². The Morgan fingerprint density at radius 2 is 2.04 bits per heavy atom. The summed E-state index contributed by atoms with van der Waals surface area (Å²) in [4.78, 5) is 17.0. The predicted octanol–water partition coefficient (Wildman–Crippen LogP) is 3.30. The lowest BCUT2D eigenvalue weighted by molar-refractivity contribution is -0.121. The van der Waals surface area contributed by atoms with Crippen molar-refractivity contribution in [3.8, 4) is 23.2 Å². The number of methoxy groups -OCH3 is 1. The number of nitrogens with one attached hydrogen (secondary N) is 2. The van der Waals surface area contributed by atoms with Gasteiger partial charge in [0.25, 0.3) is 0 Å². The summed E-state index contributed by atoms with van der Waals surface area (Å²) in [5, 5.41) is 19.7. The van der Waals surface area contributed by atoms with Crippen molar-refractivity contribution in [1.82, 2.24) is 20.5 Å². The number of hydrogen-bond acceptors (Lipinski definition) is 6. The molecule has 1 aliphatic carbocycles. The highest BCUT2D eigenvalue weighted by molar-refractivity contribution is 8.00. The minimum atomic E-state index is -0.725. The van der Waals surface area contributed by atoms with E-state index >= 15 is 0 Å². The molecule has 1 aromatic carbocycles. The molecule has 0 aliphatic heterocycles. The predicted molar refractivity (Wildman–Crippen MR) is 103 cm³/mol. The van der Waals surface area contributed by atoms with Gasteiger partial charge in [-0.2, -0.15) is 5.26 Å². The molecule has 1 amide bonds. The zero-order valence-electron chi connectivity index (χ0n) is 15.5. The van der Waals surface area contributed by atoms with E-state index in [0.717, 1.165) is 43.4 Å². The number of carbonyl (C=O) groups is 1. The van der Waals surface area contributed by atoms with Gasteiger partial charge in [-0.05, 0) is 44.0 Å². The average Bonchev–Trinajstić information content (AvgIpc) is 3.17. The van der Waals surface area contributed by atoms with Gasteiger partial charge in [-0.3, -0.25) is 9.89 Å². The van der Waals surface area contributed by atoms with E-state index in [9.17, 15) is 10.1 Å². The van der Waals surface area contributed by atoms with E-state index < -0.39 is 10.8 Å². The third-order valence-electron chi connectivity index (χ3n) is 4.76. The lowest BCUT2D eigenvalue weighted by atomic mass is 9.83. The molecule has 1 aromatic heterocycles. The van der Waals surface area contributed by atoms with Gasteiger partial charge < -0.3 is 10.1 Å². The van der Waals surface area contributed by atoms with Gasteiger partial charge in [0.05, 0.1) is 18.4 Å². The molecule has 3 rings (SSSR count). The van der Waals surface area contributed by atoms with E-state index in [0.29, 0.717) is 11.0 Å². The SMILES string of the molecule is COc1ccc(-c2nc(S[C@H](C)C(=O)NC3(C#N)CCCCC3)n[nH]2)cc1. The summed E-state index contributed by atoms with van der Waals surface area (Å²) in [5.74, 6) is 1.25. The molecule has 8 heteroatoms. The molecule has 1 saturated carbocycles. The molecule has 0 spiro atoms. The molecule has 0 radical (unpaired) electrons. The summed E-state index contributed by atoms with van der Waals surface area (Å²) in [5.41, 5.74) is 0.162. The Balaban J connectivity index is 1.62. The summed E-state index contributed by atoms with van der Waals surface area (Å²) < 4.78 is 5.15. The van der Waals surface area contributed by atoms with Crippen LogP contribution in [-0.2, 0) is 4.79 Å². The van der Waals surface area contributed by atoms with E-state index in [2.05, 4.69) is 26.6 Å². The number of hydrogen-bond donors (Lipinski definition) is 2. The normalized spacial score (nSPS) is 16.9. The number of aromatic amines is 1. The molecule has 1 atom stereocenters. The molecule has 1 heterocycles. The number of aromatic nitrogens is 3. The van der Waals surface area contributed by atoms with Crippen molar-refractivity contribution in [2.24, 2.45) is 0 Å². The summed E-state index contributed by atoms with van der Waals surface area (Å²) in [6.07, 6.45) is 4.50. The second-order valence-corrected chi connectivity index (χ2v) is 8.01. The highest BCUT2D eigenvalue weighted by atomic mass is 32.2. The van der Waals surface area contributed by atoms with Gasteiger partial charge in [0, 0.05) is 5.56 Å². The van der Waals surface area contributed by atoms with E-state index in [-0.39, 0.29) is 5.91 Å². The molecule has 1 aliphatic rings. The quantitative estimate of drug-likeness (QED) is 0.740. The van der Waals surface area contributed by atoms with Crippen LogP contribution in [0.5, 0.6) is 5.75 Å². The van der Waals surface area contributed by atoms with E-state index in [1.54, 1.807) is 14.0 Å². The van der Waals surface area contributed by atoms with Crippen LogP contribution in [0.1, 0.15) is 39.0 Å². The fraction of sp³-hybridized carbons (Fsp3) is 0.474. The van der Waals surface area contributed by atoms with E-state index in [4.69, 9.17) is 4.74 Å². The van der Waals surface area contributed by atoms with Crippen molar-refractivity contribution in [3.63, 3.8) is 0 Å². The fourth-order valence-corrected chi connectivity index (χ4v) is 3.87. The van der Waals surface area contributed by atoms with Crippen molar-refractivity contribution in [2.75, 3.05) is 7.11 Å². The molecule has 142 valence electrons. The van der Waals surface area contributed by atoms with E-state index in [1.165, 1.54) is 11.8 Å². The second kappa shape index (κ2) is 8.44. The van der Waals surface area contributed by atoms with Gasteiger partial charge in [-0.25, -0.2) is 4.98 Å². The number of amides is 1. The zero-order valence-corrected chi connectivity index (χ0v) is 16.3. The first-order chi connectivity index (χ1) is 13.0. The van der Waals surface area contributed by atoms with Gasteiger partial charge in [-0.1, -0.05) is 31.0 Å². The smallest absolute Gasteiger partial charge is 0.234 e. The topological polar surface area (TPSA) is 104 Å². The highest BCUT2D eigenvalue weighted by Crippen LogP contribution is 2.29. The number of carbonyl (C=O) groups excluding carboxylic acids is 1. The highest BCUT2D eigenvalue weighted by Gasteiger charge is 2.35. The molecule has 7 nitrogen and oxygen atoms in total. The van der Waals surface area contributed by atoms with Crippen molar-refractivity contribution in [3.05, 3.63) is 24.3 Å². The van der Waals surface area contributed by atoms with Crippen LogP contribution in [0.2, 0.25) is 0 Å². The van der Waals surface area contributed by atoms with Crippen LogP contribution >= 0.6 is 11.8 Å². The van der Waals surface area contributed by atoms with Crippen LogP contribution < -0.4 is 10.1 Å². The first-order valence-electron chi connectivity index (χ1n) is 9.02. The van der Waals surface area contributed by atoms with E-state index in [1.807, 2.05) is 24.3 Å². The number of ether oxygens (including phenoxy) is 1. The maximum absolute atomic E-state index is 12.6. The number of nitriles is 1. The maximum Gasteiger partial charge on any atom is 0.234 e. The Kier molecular flexibility index (Phi) is 6.01. The van der Waals surface area contributed by atoms with Gasteiger partial charge >= 0.3 is 0 Å². The third kappa shape index (κ3) is 4.61. The summed E-state index contributed by atoms with van der Waals surface area (Å²) in [7, 11) is 1.62. The fourth-order valence-electron chi connectivity index (χ4n) is 3.15. The lowest BCUT2D eigenvalue weighted by Gasteiger charge is -2.32. The minimum absolute atomic E-state index is 0.153. The lowest BCUT2D eigenvalue weighted by Crippen LogP contribution is -2.50. The van der Waals surface area contributed by atoms with Gasteiger partial charge in [0.15, 0.2) is 5.82 Å².